The summed E-state index contributed by atoms with van der Waals surface area (Å²) in [6.45, 7) is -0.708. The monoisotopic (exact) mass is 271 g/mol. The standard InChI is InChI=1S/C11H17N3O5/c1-19-10(17)8-13-7-9(6-12)11(18)14(2-4-15)3-5-16/h7,13,15-16H,2-5,8H2,1H3/b9-7-. The van der Waals surface area contributed by atoms with Crippen molar-refractivity contribution >= 4 is 11.9 Å². The number of nitriles is 1. The van der Waals surface area contributed by atoms with Crippen LogP contribution in [0.5, 0.6) is 0 Å². The van der Waals surface area contributed by atoms with E-state index in [1.807, 2.05) is 0 Å². The topological polar surface area (TPSA) is 123 Å². The summed E-state index contributed by atoms with van der Waals surface area (Å²) < 4.78 is 4.38. The van der Waals surface area contributed by atoms with Gasteiger partial charge in [-0.1, -0.05) is 0 Å². The van der Waals surface area contributed by atoms with Crippen LogP contribution >= 0.6 is 0 Å². The van der Waals surface area contributed by atoms with E-state index in [2.05, 4.69) is 10.1 Å². The number of aliphatic hydroxyl groups excluding tert-OH is 2. The van der Waals surface area contributed by atoms with E-state index in [0.29, 0.717) is 0 Å². The highest BCUT2D eigenvalue weighted by atomic mass is 16.5. The fourth-order valence-electron chi connectivity index (χ4n) is 1.18. The number of amides is 1. The molecule has 1 amide bonds. The molecule has 3 N–H and O–H groups in total. The number of hydrogen-bond acceptors (Lipinski definition) is 7. The summed E-state index contributed by atoms with van der Waals surface area (Å²) in [7, 11) is 1.22. The zero-order chi connectivity index (χ0) is 14.7. The molecule has 0 aromatic rings. The Morgan fingerprint density at radius 1 is 1.37 bits per heavy atom. The fourth-order valence-corrected chi connectivity index (χ4v) is 1.18. The SMILES string of the molecule is COC(=O)CN/C=C(/C#N)C(=O)N(CCO)CCO. The quantitative estimate of drug-likeness (QED) is 0.264. The second-order valence-corrected chi connectivity index (χ2v) is 3.37. The van der Waals surface area contributed by atoms with E-state index in [4.69, 9.17) is 15.5 Å². The average molecular weight is 271 g/mol. The highest BCUT2D eigenvalue weighted by molar-refractivity contribution is 5.97. The van der Waals surface area contributed by atoms with Gasteiger partial charge in [-0.3, -0.25) is 9.59 Å². The molecule has 0 aromatic carbocycles. The summed E-state index contributed by atoms with van der Waals surface area (Å²) in [6, 6.07) is 1.68. The first kappa shape index (κ1) is 16.9. The Labute approximate surface area is 110 Å². The summed E-state index contributed by atoms with van der Waals surface area (Å²) >= 11 is 0. The van der Waals surface area contributed by atoms with Crippen molar-refractivity contribution in [2.45, 2.75) is 0 Å². The van der Waals surface area contributed by atoms with Crippen molar-refractivity contribution in [1.82, 2.24) is 10.2 Å². The molecule has 0 rings (SSSR count). The van der Waals surface area contributed by atoms with Crippen molar-refractivity contribution in [3.63, 3.8) is 0 Å². The second kappa shape index (κ2) is 9.87. The van der Waals surface area contributed by atoms with Crippen LogP contribution in [0, 0.1) is 11.3 Å². The van der Waals surface area contributed by atoms with E-state index in [1.165, 1.54) is 7.11 Å². The minimum Gasteiger partial charge on any atom is -0.468 e. The van der Waals surface area contributed by atoms with E-state index >= 15 is 0 Å². The van der Waals surface area contributed by atoms with Crippen LogP contribution in [0.15, 0.2) is 11.8 Å². The minimum atomic E-state index is -0.636. The van der Waals surface area contributed by atoms with Gasteiger partial charge in [0.1, 0.15) is 18.2 Å². The van der Waals surface area contributed by atoms with Gasteiger partial charge in [-0.2, -0.15) is 5.26 Å². The molecular formula is C11H17N3O5. The first-order valence-corrected chi connectivity index (χ1v) is 5.52. The smallest absolute Gasteiger partial charge is 0.325 e. The van der Waals surface area contributed by atoms with Crippen LogP contribution < -0.4 is 5.32 Å². The predicted molar refractivity (Wildman–Crippen MR) is 64.5 cm³/mol. The lowest BCUT2D eigenvalue weighted by atomic mass is 10.2. The van der Waals surface area contributed by atoms with Gasteiger partial charge in [-0.15, -0.1) is 0 Å². The summed E-state index contributed by atoms with van der Waals surface area (Å²) in [4.78, 5) is 23.8. The van der Waals surface area contributed by atoms with Crippen molar-refractivity contribution < 1.29 is 24.5 Å². The maximum absolute atomic E-state index is 11.9. The van der Waals surface area contributed by atoms with Gasteiger partial charge in [0.2, 0.25) is 0 Å². The molecule has 0 aliphatic rings. The summed E-state index contributed by atoms with van der Waals surface area (Å²) in [6.07, 6.45) is 1.10. The molecule has 0 saturated carbocycles. The van der Waals surface area contributed by atoms with Gasteiger partial charge in [0.25, 0.3) is 5.91 Å². The third kappa shape index (κ3) is 6.40. The fraction of sp³-hybridized carbons (Fsp3) is 0.545. The number of nitrogens with zero attached hydrogens (tertiary/aromatic N) is 2. The molecule has 19 heavy (non-hydrogen) atoms. The largest absolute Gasteiger partial charge is 0.468 e. The van der Waals surface area contributed by atoms with Crippen molar-refractivity contribution in [3.8, 4) is 6.07 Å². The Hall–Kier alpha value is -2.11. The normalized spacial score (nSPS) is 10.5. The number of carbonyl (C=O) groups is 2. The van der Waals surface area contributed by atoms with Crippen molar-refractivity contribution in [3.05, 3.63) is 11.8 Å². The highest BCUT2D eigenvalue weighted by Crippen LogP contribution is 2.00. The highest BCUT2D eigenvalue weighted by Gasteiger charge is 2.17. The van der Waals surface area contributed by atoms with Crippen LogP contribution in [0.3, 0.4) is 0 Å². The molecule has 0 spiro atoms. The Morgan fingerprint density at radius 2 is 1.95 bits per heavy atom. The molecular weight excluding hydrogens is 254 g/mol. The average Bonchev–Trinajstić information content (AvgIpc) is 2.42. The zero-order valence-corrected chi connectivity index (χ0v) is 10.6. The Morgan fingerprint density at radius 3 is 2.37 bits per heavy atom. The molecule has 0 saturated heterocycles. The maximum Gasteiger partial charge on any atom is 0.325 e. The summed E-state index contributed by atoms with van der Waals surface area (Å²) in [5.41, 5.74) is -0.231. The van der Waals surface area contributed by atoms with Gasteiger partial charge < -0.3 is 25.2 Å². The van der Waals surface area contributed by atoms with E-state index in [0.717, 1.165) is 11.1 Å². The first-order valence-electron chi connectivity index (χ1n) is 5.52. The lowest BCUT2D eigenvalue weighted by Crippen LogP contribution is -2.37. The lowest BCUT2D eigenvalue weighted by Gasteiger charge is -2.19. The molecule has 106 valence electrons. The lowest BCUT2D eigenvalue weighted by molar-refractivity contribution is -0.139. The molecule has 8 nitrogen and oxygen atoms in total. The third-order valence-electron chi connectivity index (χ3n) is 2.10. The molecule has 0 aliphatic carbocycles. The number of aliphatic hydroxyl groups is 2. The van der Waals surface area contributed by atoms with E-state index in [9.17, 15) is 9.59 Å². The Bertz CT molecular complexity index is 369. The van der Waals surface area contributed by atoms with Gasteiger partial charge in [-0.25, -0.2) is 0 Å². The molecule has 0 unspecified atom stereocenters. The first-order chi connectivity index (χ1) is 9.10. The third-order valence-corrected chi connectivity index (χ3v) is 2.10. The number of ether oxygens (including phenoxy) is 1. The van der Waals surface area contributed by atoms with Crippen molar-refractivity contribution in [1.29, 1.82) is 5.26 Å². The van der Waals surface area contributed by atoms with Crippen LogP contribution in [0.4, 0.5) is 0 Å². The van der Waals surface area contributed by atoms with E-state index < -0.39 is 11.9 Å². The predicted octanol–water partition coefficient (Wildman–Crippen LogP) is -2.03. The van der Waals surface area contributed by atoms with Crippen LogP contribution in [0.1, 0.15) is 0 Å². The molecule has 8 heteroatoms. The van der Waals surface area contributed by atoms with Crippen LogP contribution in [0.2, 0.25) is 0 Å². The summed E-state index contributed by atoms with van der Waals surface area (Å²) in [5.74, 6) is -1.17. The maximum atomic E-state index is 11.9. The van der Waals surface area contributed by atoms with Gasteiger partial charge in [0, 0.05) is 19.3 Å². The molecule has 0 fully saturated rings. The molecule has 0 atom stereocenters. The molecule has 0 bridgehead atoms. The Balaban J connectivity index is 4.64. The van der Waals surface area contributed by atoms with Gasteiger partial charge in [-0.05, 0) is 0 Å². The molecule has 0 aliphatic heterocycles. The number of nitrogens with one attached hydrogen (secondary N) is 1. The van der Waals surface area contributed by atoms with Crippen LogP contribution in [-0.2, 0) is 14.3 Å². The minimum absolute atomic E-state index is 0.00934. The molecule has 0 radical (unpaired) electrons. The van der Waals surface area contributed by atoms with Gasteiger partial charge >= 0.3 is 5.97 Å². The van der Waals surface area contributed by atoms with Gasteiger partial charge in [0.15, 0.2) is 0 Å². The number of carbonyl (C=O) groups excluding carboxylic acids is 2. The van der Waals surface area contributed by atoms with Crippen molar-refractivity contribution in [2.75, 3.05) is 40.0 Å². The summed E-state index contributed by atoms with van der Waals surface area (Å²) in [5, 5.41) is 28.9. The van der Waals surface area contributed by atoms with Crippen molar-refractivity contribution in [2.24, 2.45) is 0 Å². The number of methoxy groups -OCH3 is 1. The number of esters is 1. The second-order valence-electron chi connectivity index (χ2n) is 3.37. The van der Waals surface area contributed by atoms with Crippen LogP contribution in [-0.4, -0.2) is 66.9 Å². The Kier molecular flexibility index (Phi) is 8.78. The molecule has 0 heterocycles. The van der Waals surface area contributed by atoms with Crippen LogP contribution in [0.25, 0.3) is 0 Å². The molecule has 0 aromatic heterocycles. The van der Waals surface area contributed by atoms with E-state index in [1.54, 1.807) is 6.07 Å². The van der Waals surface area contributed by atoms with Gasteiger partial charge in [0.05, 0.1) is 20.3 Å². The number of hydrogen-bond donors (Lipinski definition) is 3. The van der Waals surface area contributed by atoms with E-state index in [-0.39, 0.29) is 38.4 Å². The zero-order valence-electron chi connectivity index (χ0n) is 10.6. The number of rotatable bonds is 8.